The molecule has 0 amide bonds. The van der Waals surface area contributed by atoms with Crippen LogP contribution in [0.3, 0.4) is 0 Å². The molecule has 0 fully saturated rings. The minimum absolute atomic E-state index is 0.230. The summed E-state index contributed by atoms with van der Waals surface area (Å²) < 4.78 is 6.34. The molecule has 0 radical (unpaired) electrons. The lowest BCUT2D eigenvalue weighted by molar-refractivity contribution is -0.145. The summed E-state index contributed by atoms with van der Waals surface area (Å²) in [4.78, 5) is 11.5. The van der Waals surface area contributed by atoms with Crippen LogP contribution in [0.1, 0.15) is 18.2 Å². The van der Waals surface area contributed by atoms with Crippen molar-refractivity contribution in [2.24, 2.45) is 13.0 Å². The molecule has 0 spiro atoms. The van der Waals surface area contributed by atoms with Crippen LogP contribution >= 0.6 is 11.6 Å². The highest BCUT2D eigenvalue weighted by Gasteiger charge is 2.23. The molecule has 0 aliphatic rings. The lowest BCUT2D eigenvalue weighted by atomic mass is 10.0. The number of aromatic nitrogens is 2. The predicted octanol–water partition coefficient (Wildman–Crippen LogP) is 1.63. The van der Waals surface area contributed by atoms with Crippen LogP contribution in [0.25, 0.3) is 0 Å². The Balaban J connectivity index is 2.89. The average Bonchev–Trinajstić information content (AvgIpc) is 2.51. The van der Waals surface area contributed by atoms with E-state index >= 15 is 0 Å². The number of carbonyl (C=O) groups excluding carboxylic acids is 1. The predicted molar refractivity (Wildman–Crippen MR) is 62.4 cm³/mol. The van der Waals surface area contributed by atoms with Crippen molar-refractivity contribution >= 4 is 17.6 Å². The molecule has 17 heavy (non-hydrogen) atoms. The highest BCUT2D eigenvalue weighted by atomic mass is 35.5. The van der Waals surface area contributed by atoms with Gasteiger partial charge in [-0.2, -0.15) is 10.4 Å². The van der Waals surface area contributed by atoms with Crippen molar-refractivity contribution in [3.8, 4) is 6.07 Å². The monoisotopic (exact) mass is 255 g/mol. The first-order valence-corrected chi connectivity index (χ1v) is 5.63. The number of hydrogen-bond acceptors (Lipinski definition) is 4. The number of halogens is 1. The summed E-state index contributed by atoms with van der Waals surface area (Å²) in [6.07, 6.45) is 0.230. The standard InChI is InChI=1S/C11H14ClN3O2/c1-4-17-11(16)8(6-13)5-9-7(2)14-15(3)10(9)12/h8H,4-5H2,1-3H3. The summed E-state index contributed by atoms with van der Waals surface area (Å²) in [6, 6.07) is 1.93. The van der Waals surface area contributed by atoms with E-state index in [2.05, 4.69) is 5.10 Å². The number of rotatable bonds is 4. The van der Waals surface area contributed by atoms with E-state index in [0.29, 0.717) is 10.7 Å². The molecule has 0 aliphatic heterocycles. The third-order valence-corrected chi connectivity index (χ3v) is 2.88. The first-order valence-electron chi connectivity index (χ1n) is 5.25. The summed E-state index contributed by atoms with van der Waals surface area (Å²) in [6.45, 7) is 3.76. The lowest BCUT2D eigenvalue weighted by Gasteiger charge is -2.07. The SMILES string of the molecule is CCOC(=O)C(C#N)Cc1c(C)nn(C)c1Cl. The van der Waals surface area contributed by atoms with Crippen molar-refractivity contribution in [1.29, 1.82) is 5.26 Å². The number of nitrogens with zero attached hydrogens (tertiary/aromatic N) is 3. The smallest absolute Gasteiger partial charge is 0.323 e. The molecule has 92 valence electrons. The molecule has 0 aromatic carbocycles. The molecule has 1 rings (SSSR count). The van der Waals surface area contributed by atoms with Gasteiger partial charge < -0.3 is 4.74 Å². The Kier molecular flexibility index (Phi) is 4.53. The Morgan fingerprint density at radius 2 is 2.35 bits per heavy atom. The topological polar surface area (TPSA) is 67.9 Å². The molecule has 0 aliphatic carbocycles. The van der Waals surface area contributed by atoms with Crippen LogP contribution in [0.2, 0.25) is 5.15 Å². The minimum Gasteiger partial charge on any atom is -0.465 e. The van der Waals surface area contributed by atoms with Crippen molar-refractivity contribution in [3.63, 3.8) is 0 Å². The van der Waals surface area contributed by atoms with E-state index in [1.165, 1.54) is 4.68 Å². The number of nitriles is 1. The molecule has 1 aromatic heterocycles. The largest absolute Gasteiger partial charge is 0.465 e. The van der Waals surface area contributed by atoms with Crippen LogP contribution in [-0.2, 0) is 23.0 Å². The molecule has 1 heterocycles. The molecule has 6 heteroatoms. The van der Waals surface area contributed by atoms with Crippen LogP contribution in [0.4, 0.5) is 0 Å². The summed E-state index contributed by atoms with van der Waals surface area (Å²) >= 11 is 6.04. The normalized spacial score (nSPS) is 11.9. The van der Waals surface area contributed by atoms with Gasteiger partial charge in [0, 0.05) is 19.0 Å². The Labute approximate surface area is 105 Å². The second-order valence-electron chi connectivity index (χ2n) is 3.62. The zero-order valence-corrected chi connectivity index (χ0v) is 10.8. The van der Waals surface area contributed by atoms with Crippen molar-refractivity contribution in [1.82, 2.24) is 9.78 Å². The molecule has 1 unspecified atom stereocenters. The molecular formula is C11H14ClN3O2. The Morgan fingerprint density at radius 1 is 1.71 bits per heavy atom. The third-order valence-electron chi connectivity index (χ3n) is 2.41. The van der Waals surface area contributed by atoms with E-state index in [1.54, 1.807) is 20.9 Å². The Hall–Kier alpha value is -1.54. The van der Waals surface area contributed by atoms with Gasteiger partial charge in [-0.05, 0) is 13.8 Å². The minimum atomic E-state index is -0.838. The van der Waals surface area contributed by atoms with Gasteiger partial charge in [-0.3, -0.25) is 9.48 Å². The zero-order valence-electron chi connectivity index (χ0n) is 10.0. The highest BCUT2D eigenvalue weighted by molar-refractivity contribution is 6.30. The van der Waals surface area contributed by atoms with Gasteiger partial charge in [-0.25, -0.2) is 0 Å². The Morgan fingerprint density at radius 3 is 2.76 bits per heavy atom. The number of hydrogen-bond donors (Lipinski definition) is 0. The van der Waals surface area contributed by atoms with E-state index in [-0.39, 0.29) is 13.0 Å². The summed E-state index contributed by atoms with van der Waals surface area (Å²) in [5.74, 6) is -1.36. The maximum atomic E-state index is 11.5. The van der Waals surface area contributed by atoms with Crippen molar-refractivity contribution in [2.45, 2.75) is 20.3 Å². The van der Waals surface area contributed by atoms with E-state index < -0.39 is 11.9 Å². The van der Waals surface area contributed by atoms with Crippen LogP contribution in [0.5, 0.6) is 0 Å². The zero-order chi connectivity index (χ0) is 13.0. The highest BCUT2D eigenvalue weighted by Crippen LogP contribution is 2.22. The third kappa shape index (κ3) is 2.98. The number of carbonyl (C=O) groups is 1. The van der Waals surface area contributed by atoms with Gasteiger partial charge >= 0.3 is 5.97 Å². The first kappa shape index (κ1) is 13.5. The first-order chi connectivity index (χ1) is 8.01. The van der Waals surface area contributed by atoms with Gasteiger partial charge in [0.1, 0.15) is 11.1 Å². The van der Waals surface area contributed by atoms with Crippen LogP contribution in [0, 0.1) is 24.2 Å². The molecule has 0 bridgehead atoms. The van der Waals surface area contributed by atoms with E-state index in [0.717, 1.165) is 5.69 Å². The summed E-state index contributed by atoms with van der Waals surface area (Å²) in [7, 11) is 1.71. The van der Waals surface area contributed by atoms with Crippen LogP contribution in [-0.4, -0.2) is 22.4 Å². The van der Waals surface area contributed by atoms with Gasteiger partial charge in [0.2, 0.25) is 0 Å². The number of esters is 1. The fourth-order valence-electron chi connectivity index (χ4n) is 1.53. The van der Waals surface area contributed by atoms with Gasteiger partial charge in [0.25, 0.3) is 0 Å². The Bertz CT molecular complexity index is 462. The van der Waals surface area contributed by atoms with Gasteiger partial charge in [-0.1, -0.05) is 11.6 Å². The van der Waals surface area contributed by atoms with E-state index in [4.69, 9.17) is 21.6 Å². The van der Waals surface area contributed by atoms with Crippen LogP contribution in [0.15, 0.2) is 0 Å². The molecular weight excluding hydrogens is 242 g/mol. The quantitative estimate of drug-likeness (QED) is 0.767. The van der Waals surface area contributed by atoms with Crippen molar-refractivity contribution in [2.75, 3.05) is 6.61 Å². The maximum Gasteiger partial charge on any atom is 0.323 e. The molecule has 0 saturated carbocycles. The molecule has 0 saturated heterocycles. The van der Waals surface area contributed by atoms with Gasteiger partial charge in [0.05, 0.1) is 18.4 Å². The maximum absolute atomic E-state index is 11.5. The van der Waals surface area contributed by atoms with Crippen LogP contribution < -0.4 is 0 Å². The van der Waals surface area contributed by atoms with Gasteiger partial charge in [0.15, 0.2) is 0 Å². The van der Waals surface area contributed by atoms with Gasteiger partial charge in [-0.15, -0.1) is 0 Å². The average molecular weight is 256 g/mol. The van der Waals surface area contributed by atoms with E-state index in [9.17, 15) is 4.79 Å². The molecule has 5 nitrogen and oxygen atoms in total. The fraction of sp³-hybridized carbons (Fsp3) is 0.545. The van der Waals surface area contributed by atoms with Crippen molar-refractivity contribution in [3.05, 3.63) is 16.4 Å². The fourth-order valence-corrected chi connectivity index (χ4v) is 1.79. The van der Waals surface area contributed by atoms with E-state index in [1.807, 2.05) is 6.07 Å². The number of aryl methyl sites for hydroxylation is 2. The summed E-state index contributed by atoms with van der Waals surface area (Å²) in [5.41, 5.74) is 1.44. The lowest BCUT2D eigenvalue weighted by Crippen LogP contribution is -2.18. The molecule has 1 aromatic rings. The second-order valence-corrected chi connectivity index (χ2v) is 3.97. The second kappa shape index (κ2) is 5.69. The van der Waals surface area contributed by atoms with Crippen molar-refractivity contribution < 1.29 is 9.53 Å². The summed E-state index contributed by atoms with van der Waals surface area (Å²) in [5, 5.41) is 13.5. The number of ether oxygens (including phenoxy) is 1. The molecule has 1 atom stereocenters. The molecule has 0 N–H and O–H groups in total.